The van der Waals surface area contributed by atoms with E-state index in [4.69, 9.17) is 5.73 Å². The Kier molecular flexibility index (Phi) is 6.64. The molecule has 0 atom stereocenters. The molecule has 0 saturated heterocycles. The molecule has 0 aliphatic carbocycles. The molecule has 0 bridgehead atoms. The number of carbonyl (C=O) groups is 1. The maximum Gasteiger partial charge on any atom is 0.322 e. The standard InChI is InChI=1S/C21H30N4O/c1-21(2,16-24(3)4)15-23-20(26)25(14-17-10-6-5-7-11-17)19-13-9-8-12-18(19)22/h5-13H,14-16,22H2,1-4H3,(H,23,26). The van der Waals surface area contributed by atoms with Crippen molar-refractivity contribution in [2.75, 3.05) is 37.8 Å². The number of benzene rings is 2. The first-order valence-corrected chi connectivity index (χ1v) is 8.87. The summed E-state index contributed by atoms with van der Waals surface area (Å²) in [6.45, 7) is 6.23. The molecule has 5 heteroatoms. The lowest BCUT2D eigenvalue weighted by Crippen LogP contribution is -2.46. The molecular formula is C21H30N4O. The van der Waals surface area contributed by atoms with Crippen LogP contribution in [-0.2, 0) is 6.54 Å². The normalized spacial score (nSPS) is 11.4. The van der Waals surface area contributed by atoms with Crippen molar-refractivity contribution in [3.8, 4) is 0 Å². The number of hydrogen-bond acceptors (Lipinski definition) is 3. The van der Waals surface area contributed by atoms with E-state index < -0.39 is 0 Å². The fourth-order valence-electron chi connectivity index (χ4n) is 3.09. The van der Waals surface area contributed by atoms with Gasteiger partial charge in [0.2, 0.25) is 0 Å². The number of nitrogens with zero attached hydrogens (tertiary/aromatic N) is 2. The van der Waals surface area contributed by atoms with Gasteiger partial charge in [-0.3, -0.25) is 4.90 Å². The van der Waals surface area contributed by atoms with Gasteiger partial charge >= 0.3 is 6.03 Å². The summed E-state index contributed by atoms with van der Waals surface area (Å²) in [5.41, 5.74) is 8.47. The summed E-state index contributed by atoms with van der Waals surface area (Å²) < 4.78 is 0. The van der Waals surface area contributed by atoms with E-state index in [0.717, 1.165) is 17.8 Å². The van der Waals surface area contributed by atoms with Crippen LogP contribution in [0.1, 0.15) is 19.4 Å². The third-order valence-electron chi connectivity index (χ3n) is 4.12. The number of anilines is 2. The van der Waals surface area contributed by atoms with E-state index in [9.17, 15) is 4.79 Å². The fourth-order valence-corrected chi connectivity index (χ4v) is 3.09. The smallest absolute Gasteiger partial charge is 0.322 e. The second-order valence-electron chi connectivity index (χ2n) is 7.69. The van der Waals surface area contributed by atoms with Gasteiger partial charge < -0.3 is 16.0 Å². The Bertz CT molecular complexity index is 713. The Balaban J connectivity index is 2.18. The highest BCUT2D eigenvalue weighted by molar-refractivity contribution is 5.95. The molecule has 0 aliphatic rings. The largest absolute Gasteiger partial charge is 0.397 e. The van der Waals surface area contributed by atoms with Crippen molar-refractivity contribution >= 4 is 17.4 Å². The van der Waals surface area contributed by atoms with E-state index in [1.807, 2.05) is 68.7 Å². The molecular weight excluding hydrogens is 324 g/mol. The van der Waals surface area contributed by atoms with Gasteiger partial charge in [-0.1, -0.05) is 56.3 Å². The maximum absolute atomic E-state index is 13.0. The lowest BCUT2D eigenvalue weighted by atomic mass is 9.93. The average molecular weight is 354 g/mol. The van der Waals surface area contributed by atoms with Gasteiger partial charge in [-0.2, -0.15) is 0 Å². The molecule has 0 aromatic heterocycles. The van der Waals surface area contributed by atoms with E-state index in [1.165, 1.54) is 0 Å². The van der Waals surface area contributed by atoms with Crippen LogP contribution >= 0.6 is 0 Å². The Labute approximate surface area is 156 Å². The first kappa shape index (κ1) is 19.8. The van der Waals surface area contributed by atoms with E-state index in [1.54, 1.807) is 4.90 Å². The number of carbonyl (C=O) groups excluding carboxylic acids is 1. The van der Waals surface area contributed by atoms with Gasteiger partial charge in [-0.15, -0.1) is 0 Å². The summed E-state index contributed by atoms with van der Waals surface area (Å²) >= 11 is 0. The van der Waals surface area contributed by atoms with Crippen LogP contribution in [0.2, 0.25) is 0 Å². The van der Waals surface area contributed by atoms with Crippen LogP contribution in [0.4, 0.5) is 16.2 Å². The summed E-state index contributed by atoms with van der Waals surface area (Å²) in [4.78, 5) is 16.8. The molecule has 0 aliphatic heterocycles. The number of hydrogen-bond donors (Lipinski definition) is 2. The zero-order valence-corrected chi connectivity index (χ0v) is 16.2. The Morgan fingerprint density at radius 3 is 2.27 bits per heavy atom. The van der Waals surface area contributed by atoms with Crippen molar-refractivity contribution in [2.24, 2.45) is 5.41 Å². The zero-order chi connectivity index (χ0) is 19.2. The van der Waals surface area contributed by atoms with Gasteiger partial charge in [0, 0.05) is 13.1 Å². The summed E-state index contributed by atoms with van der Waals surface area (Å²) in [5.74, 6) is 0. The zero-order valence-electron chi connectivity index (χ0n) is 16.2. The Morgan fingerprint density at radius 2 is 1.65 bits per heavy atom. The predicted octanol–water partition coefficient (Wildman–Crippen LogP) is 3.57. The Hall–Kier alpha value is -2.53. The third kappa shape index (κ3) is 5.77. The topological polar surface area (TPSA) is 61.6 Å². The van der Waals surface area contributed by atoms with Crippen LogP contribution in [0.25, 0.3) is 0 Å². The number of urea groups is 1. The molecule has 0 unspecified atom stereocenters. The fraction of sp³-hybridized carbons (Fsp3) is 0.381. The quantitative estimate of drug-likeness (QED) is 0.747. The molecule has 0 fully saturated rings. The molecule has 2 rings (SSSR count). The molecule has 2 amide bonds. The minimum Gasteiger partial charge on any atom is -0.397 e. The van der Waals surface area contributed by atoms with Crippen molar-refractivity contribution in [1.29, 1.82) is 0 Å². The third-order valence-corrected chi connectivity index (χ3v) is 4.12. The highest BCUT2D eigenvalue weighted by atomic mass is 16.2. The number of nitrogen functional groups attached to an aromatic ring is 1. The van der Waals surface area contributed by atoms with Crippen LogP contribution in [0.5, 0.6) is 0 Å². The van der Waals surface area contributed by atoms with Crippen molar-refractivity contribution < 1.29 is 4.79 Å². The molecule has 26 heavy (non-hydrogen) atoms. The van der Waals surface area contributed by atoms with E-state index in [-0.39, 0.29) is 11.4 Å². The number of amides is 2. The summed E-state index contributed by atoms with van der Waals surface area (Å²) in [5, 5.41) is 3.08. The molecule has 2 aromatic carbocycles. The number of rotatable bonds is 7. The van der Waals surface area contributed by atoms with E-state index in [2.05, 4.69) is 24.1 Å². The highest BCUT2D eigenvalue weighted by Gasteiger charge is 2.23. The molecule has 0 saturated carbocycles. The van der Waals surface area contributed by atoms with Crippen molar-refractivity contribution in [1.82, 2.24) is 10.2 Å². The molecule has 3 N–H and O–H groups in total. The van der Waals surface area contributed by atoms with Crippen LogP contribution < -0.4 is 16.0 Å². The predicted molar refractivity (Wildman–Crippen MR) is 109 cm³/mol. The number of nitrogens with two attached hydrogens (primary N) is 1. The summed E-state index contributed by atoms with van der Waals surface area (Å²) in [7, 11) is 4.08. The Morgan fingerprint density at radius 1 is 1.04 bits per heavy atom. The van der Waals surface area contributed by atoms with Crippen molar-refractivity contribution in [3.63, 3.8) is 0 Å². The molecule has 0 heterocycles. The van der Waals surface area contributed by atoms with Crippen molar-refractivity contribution in [3.05, 3.63) is 60.2 Å². The van der Waals surface area contributed by atoms with Gasteiger partial charge in [-0.05, 0) is 37.2 Å². The van der Waals surface area contributed by atoms with Gasteiger partial charge in [0.25, 0.3) is 0 Å². The van der Waals surface area contributed by atoms with E-state index in [0.29, 0.717) is 18.8 Å². The first-order valence-electron chi connectivity index (χ1n) is 8.87. The number of nitrogens with one attached hydrogen (secondary N) is 1. The van der Waals surface area contributed by atoms with Gasteiger partial charge in [0.05, 0.1) is 17.9 Å². The maximum atomic E-state index is 13.0. The SMILES string of the molecule is CN(C)CC(C)(C)CNC(=O)N(Cc1ccccc1)c1ccccc1N. The van der Waals surface area contributed by atoms with Crippen LogP contribution in [-0.4, -0.2) is 38.1 Å². The van der Waals surface area contributed by atoms with Gasteiger partial charge in [-0.25, -0.2) is 4.79 Å². The molecule has 0 spiro atoms. The molecule has 140 valence electrons. The second-order valence-corrected chi connectivity index (χ2v) is 7.69. The minimum atomic E-state index is -0.140. The summed E-state index contributed by atoms with van der Waals surface area (Å²) in [6, 6.07) is 17.3. The lowest BCUT2D eigenvalue weighted by Gasteiger charge is -2.31. The van der Waals surface area contributed by atoms with Gasteiger partial charge in [0.15, 0.2) is 0 Å². The van der Waals surface area contributed by atoms with Crippen LogP contribution in [0.15, 0.2) is 54.6 Å². The van der Waals surface area contributed by atoms with Crippen LogP contribution in [0, 0.1) is 5.41 Å². The van der Waals surface area contributed by atoms with Gasteiger partial charge in [0.1, 0.15) is 0 Å². The van der Waals surface area contributed by atoms with Crippen LogP contribution in [0.3, 0.4) is 0 Å². The second kappa shape index (κ2) is 8.72. The molecule has 0 radical (unpaired) electrons. The minimum absolute atomic E-state index is 0.0280. The lowest BCUT2D eigenvalue weighted by molar-refractivity contribution is 0.218. The van der Waals surface area contributed by atoms with Crippen molar-refractivity contribution in [2.45, 2.75) is 20.4 Å². The average Bonchev–Trinajstić information content (AvgIpc) is 2.58. The van der Waals surface area contributed by atoms with E-state index >= 15 is 0 Å². The monoisotopic (exact) mass is 354 g/mol. The molecule has 5 nitrogen and oxygen atoms in total. The number of para-hydroxylation sites is 2. The summed E-state index contributed by atoms with van der Waals surface area (Å²) in [6.07, 6.45) is 0. The molecule has 2 aromatic rings. The first-order chi connectivity index (χ1) is 12.3. The highest BCUT2D eigenvalue weighted by Crippen LogP contribution is 2.25.